The van der Waals surface area contributed by atoms with Crippen molar-refractivity contribution in [3.63, 3.8) is 0 Å². The Morgan fingerprint density at radius 1 is 1.36 bits per heavy atom. The molecule has 0 saturated carbocycles. The van der Waals surface area contributed by atoms with Crippen LogP contribution in [-0.4, -0.2) is 20.6 Å². The molecular formula is C15H12N2O5. The zero-order chi connectivity index (χ0) is 16.3. The maximum absolute atomic E-state index is 12.2. The number of hydrogen-bond donors (Lipinski definition) is 1. The number of nitro groups is 1. The van der Waals surface area contributed by atoms with E-state index in [0.29, 0.717) is 11.3 Å². The SMILES string of the molecule is C=CCn1c(-c2cccc([N+](=O)[O-])c2)ccc(C(=O)O)c1=O. The fraction of sp³-hybridized carbons (Fsp3) is 0.0667. The molecule has 0 fully saturated rings. The van der Waals surface area contributed by atoms with Gasteiger partial charge in [0.05, 0.1) is 10.6 Å². The molecule has 0 aliphatic carbocycles. The molecule has 0 amide bonds. The van der Waals surface area contributed by atoms with E-state index in [4.69, 9.17) is 5.11 Å². The molecule has 0 aliphatic rings. The summed E-state index contributed by atoms with van der Waals surface area (Å²) in [5, 5.41) is 19.9. The molecule has 0 radical (unpaired) electrons. The highest BCUT2D eigenvalue weighted by Crippen LogP contribution is 2.23. The van der Waals surface area contributed by atoms with Gasteiger partial charge in [0.2, 0.25) is 0 Å². The zero-order valence-electron chi connectivity index (χ0n) is 11.4. The van der Waals surface area contributed by atoms with E-state index in [-0.39, 0.29) is 17.8 Å². The summed E-state index contributed by atoms with van der Waals surface area (Å²) in [6, 6.07) is 8.43. The number of aromatic nitrogens is 1. The average Bonchev–Trinajstić information content (AvgIpc) is 2.49. The molecule has 1 heterocycles. The highest BCUT2D eigenvalue weighted by molar-refractivity contribution is 5.87. The van der Waals surface area contributed by atoms with Gasteiger partial charge in [-0.05, 0) is 12.1 Å². The lowest BCUT2D eigenvalue weighted by Gasteiger charge is -2.12. The van der Waals surface area contributed by atoms with Crippen LogP contribution in [0.2, 0.25) is 0 Å². The molecule has 0 aliphatic heterocycles. The van der Waals surface area contributed by atoms with Gasteiger partial charge in [0.25, 0.3) is 11.2 Å². The Morgan fingerprint density at radius 3 is 2.68 bits per heavy atom. The van der Waals surface area contributed by atoms with Gasteiger partial charge < -0.3 is 9.67 Å². The molecule has 0 saturated heterocycles. The van der Waals surface area contributed by atoms with Crippen molar-refractivity contribution in [2.45, 2.75) is 6.54 Å². The third-order valence-electron chi connectivity index (χ3n) is 3.07. The van der Waals surface area contributed by atoms with Crippen LogP contribution in [0.15, 0.2) is 53.8 Å². The number of rotatable bonds is 5. The summed E-state index contributed by atoms with van der Waals surface area (Å²) < 4.78 is 1.22. The van der Waals surface area contributed by atoms with Crippen LogP contribution in [0.4, 0.5) is 5.69 Å². The van der Waals surface area contributed by atoms with E-state index < -0.39 is 16.5 Å². The molecule has 0 atom stereocenters. The van der Waals surface area contributed by atoms with Crippen LogP contribution in [-0.2, 0) is 6.54 Å². The summed E-state index contributed by atoms with van der Waals surface area (Å²) in [6.45, 7) is 3.63. The van der Waals surface area contributed by atoms with Crippen LogP contribution in [0.1, 0.15) is 10.4 Å². The number of benzene rings is 1. The highest BCUT2D eigenvalue weighted by Gasteiger charge is 2.15. The van der Waals surface area contributed by atoms with Crippen molar-refractivity contribution in [1.82, 2.24) is 4.57 Å². The van der Waals surface area contributed by atoms with Gasteiger partial charge in [-0.15, -0.1) is 6.58 Å². The Kier molecular flexibility index (Phi) is 4.17. The van der Waals surface area contributed by atoms with Crippen LogP contribution < -0.4 is 5.56 Å². The number of nitro benzene ring substituents is 1. The molecular weight excluding hydrogens is 288 g/mol. The summed E-state index contributed by atoms with van der Waals surface area (Å²) in [5.41, 5.74) is -0.325. The molecule has 0 spiro atoms. The minimum Gasteiger partial charge on any atom is -0.477 e. The fourth-order valence-corrected chi connectivity index (χ4v) is 2.08. The normalized spacial score (nSPS) is 10.2. The fourth-order valence-electron chi connectivity index (χ4n) is 2.08. The molecule has 2 aromatic rings. The molecule has 22 heavy (non-hydrogen) atoms. The van der Waals surface area contributed by atoms with Gasteiger partial charge in [-0.25, -0.2) is 4.79 Å². The van der Waals surface area contributed by atoms with Crippen LogP contribution >= 0.6 is 0 Å². The first-order valence-corrected chi connectivity index (χ1v) is 6.28. The van der Waals surface area contributed by atoms with Crippen molar-refractivity contribution in [3.05, 3.63) is 75.1 Å². The number of non-ortho nitro benzene ring substituents is 1. The third kappa shape index (κ3) is 2.78. The summed E-state index contributed by atoms with van der Waals surface area (Å²) in [7, 11) is 0. The Hall–Kier alpha value is -3.22. The van der Waals surface area contributed by atoms with Crippen LogP contribution in [0.5, 0.6) is 0 Å². The number of aromatic carboxylic acids is 1. The van der Waals surface area contributed by atoms with Crippen molar-refractivity contribution in [1.29, 1.82) is 0 Å². The van der Waals surface area contributed by atoms with Crippen LogP contribution in [0.25, 0.3) is 11.3 Å². The Balaban J connectivity index is 2.70. The topological polar surface area (TPSA) is 102 Å². The number of allylic oxidation sites excluding steroid dienone is 1. The minimum absolute atomic E-state index is 0.0952. The molecule has 2 rings (SSSR count). The van der Waals surface area contributed by atoms with Crippen molar-refractivity contribution >= 4 is 11.7 Å². The van der Waals surface area contributed by atoms with Gasteiger partial charge in [0, 0.05) is 24.2 Å². The molecule has 7 heteroatoms. The Morgan fingerprint density at radius 2 is 2.09 bits per heavy atom. The molecule has 7 nitrogen and oxygen atoms in total. The van der Waals surface area contributed by atoms with Crippen LogP contribution in [0.3, 0.4) is 0 Å². The van der Waals surface area contributed by atoms with Crippen LogP contribution in [0, 0.1) is 10.1 Å². The van der Waals surface area contributed by atoms with Gasteiger partial charge in [-0.3, -0.25) is 14.9 Å². The minimum atomic E-state index is -1.33. The zero-order valence-corrected chi connectivity index (χ0v) is 11.4. The summed E-state index contributed by atoms with van der Waals surface area (Å²) >= 11 is 0. The first kappa shape index (κ1) is 15.2. The number of pyridine rings is 1. The van der Waals surface area contributed by atoms with E-state index in [9.17, 15) is 19.7 Å². The second-order valence-corrected chi connectivity index (χ2v) is 4.45. The highest BCUT2D eigenvalue weighted by atomic mass is 16.6. The Labute approximate surface area is 124 Å². The lowest BCUT2D eigenvalue weighted by atomic mass is 10.1. The number of nitrogens with zero attached hydrogens (tertiary/aromatic N) is 2. The monoisotopic (exact) mass is 300 g/mol. The number of carboxylic acids is 1. The third-order valence-corrected chi connectivity index (χ3v) is 3.07. The van der Waals surface area contributed by atoms with E-state index in [1.165, 1.54) is 41.0 Å². The molecule has 1 aromatic heterocycles. The number of carbonyl (C=O) groups is 1. The van der Waals surface area contributed by atoms with E-state index in [2.05, 4.69) is 6.58 Å². The van der Waals surface area contributed by atoms with Gasteiger partial charge in [-0.1, -0.05) is 18.2 Å². The predicted molar refractivity (Wildman–Crippen MR) is 79.9 cm³/mol. The van der Waals surface area contributed by atoms with E-state index >= 15 is 0 Å². The number of hydrogen-bond acceptors (Lipinski definition) is 4. The van der Waals surface area contributed by atoms with Gasteiger partial charge in [0.15, 0.2) is 0 Å². The van der Waals surface area contributed by atoms with Crippen molar-refractivity contribution in [3.8, 4) is 11.3 Å². The summed E-state index contributed by atoms with van der Waals surface area (Å²) in [6.07, 6.45) is 1.45. The lowest BCUT2D eigenvalue weighted by Crippen LogP contribution is -2.27. The predicted octanol–water partition coefficient (Wildman–Crippen LogP) is 2.31. The first-order chi connectivity index (χ1) is 10.5. The number of carboxylic acid groups (broad SMARTS) is 1. The average molecular weight is 300 g/mol. The smallest absolute Gasteiger partial charge is 0.341 e. The molecule has 1 N–H and O–H groups in total. The van der Waals surface area contributed by atoms with E-state index in [1.807, 2.05) is 0 Å². The largest absolute Gasteiger partial charge is 0.477 e. The van der Waals surface area contributed by atoms with Crippen molar-refractivity contribution in [2.24, 2.45) is 0 Å². The van der Waals surface area contributed by atoms with Crippen molar-refractivity contribution in [2.75, 3.05) is 0 Å². The van der Waals surface area contributed by atoms with Gasteiger partial charge >= 0.3 is 5.97 Å². The molecule has 0 unspecified atom stereocenters. The maximum atomic E-state index is 12.2. The van der Waals surface area contributed by atoms with Gasteiger partial charge in [0.1, 0.15) is 5.56 Å². The molecule has 0 bridgehead atoms. The lowest BCUT2D eigenvalue weighted by molar-refractivity contribution is -0.384. The van der Waals surface area contributed by atoms with Crippen molar-refractivity contribution < 1.29 is 14.8 Å². The quantitative estimate of drug-likeness (QED) is 0.518. The standard InChI is InChI=1S/C15H12N2O5/c1-2-8-16-13(7-6-12(14(16)18)15(19)20)10-4-3-5-11(9-10)17(21)22/h2-7,9H,1,8H2,(H,19,20). The summed E-state index contributed by atoms with van der Waals surface area (Å²) in [5.74, 6) is -1.33. The van der Waals surface area contributed by atoms with E-state index in [0.717, 1.165) is 0 Å². The molecule has 112 valence electrons. The summed E-state index contributed by atoms with van der Waals surface area (Å²) in [4.78, 5) is 33.6. The molecule has 1 aromatic carbocycles. The first-order valence-electron chi connectivity index (χ1n) is 6.28. The van der Waals surface area contributed by atoms with Gasteiger partial charge in [-0.2, -0.15) is 0 Å². The second-order valence-electron chi connectivity index (χ2n) is 4.45. The second kappa shape index (κ2) is 6.04. The maximum Gasteiger partial charge on any atom is 0.341 e. The Bertz CT molecular complexity index is 823. The van der Waals surface area contributed by atoms with E-state index in [1.54, 1.807) is 6.07 Å².